The lowest BCUT2D eigenvalue weighted by Crippen LogP contribution is -2.39. The Morgan fingerprint density at radius 2 is 1.88 bits per heavy atom. The van der Waals surface area contributed by atoms with Crippen LogP contribution < -0.4 is 5.32 Å². The quantitative estimate of drug-likeness (QED) is 0.745. The second-order valence-electron chi connectivity index (χ2n) is 6.24. The summed E-state index contributed by atoms with van der Waals surface area (Å²) in [5.74, 6) is -0.896. The minimum Gasteiger partial charge on any atom is -0.480 e. The molecule has 24 heavy (non-hydrogen) atoms. The number of hydrogen-bond donors (Lipinski definition) is 3. The fraction of sp³-hybridized carbons (Fsp3) is 0.389. The highest BCUT2D eigenvalue weighted by atomic mass is 32.1. The third-order valence-corrected chi connectivity index (χ3v) is 5.34. The molecule has 1 aromatic carbocycles. The molecule has 2 aromatic rings. The zero-order chi connectivity index (χ0) is 17.1. The van der Waals surface area contributed by atoms with Crippen molar-refractivity contribution in [1.29, 1.82) is 0 Å². The van der Waals surface area contributed by atoms with Crippen molar-refractivity contribution < 1.29 is 14.7 Å². The zero-order valence-electron chi connectivity index (χ0n) is 13.2. The Morgan fingerprint density at radius 3 is 2.58 bits per heavy atom. The van der Waals surface area contributed by atoms with Crippen LogP contribution in [0.3, 0.4) is 0 Å². The third kappa shape index (κ3) is 3.53. The van der Waals surface area contributed by atoms with Gasteiger partial charge in [-0.2, -0.15) is 12.6 Å². The fourth-order valence-electron chi connectivity index (χ4n) is 3.34. The fourth-order valence-corrected chi connectivity index (χ4v) is 3.64. The van der Waals surface area contributed by atoms with E-state index in [1.165, 1.54) is 0 Å². The summed E-state index contributed by atoms with van der Waals surface area (Å²) in [5, 5.41) is 12.3. The number of rotatable bonds is 4. The average molecular weight is 344 g/mol. The predicted molar refractivity (Wildman–Crippen MR) is 95.4 cm³/mol. The molecule has 3 rings (SSSR count). The molecule has 1 heterocycles. The number of nitrogens with zero attached hydrogens (tertiary/aromatic N) is 1. The lowest BCUT2D eigenvalue weighted by atomic mass is 9.83. The van der Waals surface area contributed by atoms with Crippen LogP contribution in [-0.2, 0) is 4.79 Å². The zero-order valence-corrected chi connectivity index (χ0v) is 14.1. The normalized spacial score (nSPS) is 22.0. The molecule has 1 aliphatic rings. The van der Waals surface area contributed by atoms with E-state index in [0.29, 0.717) is 5.56 Å². The summed E-state index contributed by atoms with van der Waals surface area (Å²) in [5.41, 5.74) is 1.42. The molecule has 1 aliphatic carbocycles. The molecular formula is C18H20N2O3S. The maximum Gasteiger partial charge on any atom is 0.316 e. The third-order valence-electron chi connectivity index (χ3n) is 4.70. The number of carboxylic acids is 1. The van der Waals surface area contributed by atoms with E-state index in [-0.39, 0.29) is 17.9 Å². The molecule has 1 fully saturated rings. The van der Waals surface area contributed by atoms with Gasteiger partial charge in [-0.3, -0.25) is 14.6 Å². The van der Waals surface area contributed by atoms with Gasteiger partial charge in [-0.25, -0.2) is 0 Å². The number of nitrogens with one attached hydrogen (secondary N) is 1. The first-order valence-corrected chi connectivity index (χ1v) is 8.63. The Kier molecular flexibility index (Phi) is 5.04. The molecule has 2 N–H and O–H groups in total. The van der Waals surface area contributed by atoms with Crippen molar-refractivity contribution >= 4 is 35.4 Å². The lowest BCUT2D eigenvalue weighted by molar-refractivity contribution is -0.137. The molecule has 1 aromatic heterocycles. The van der Waals surface area contributed by atoms with Gasteiger partial charge in [0.1, 0.15) is 5.25 Å². The SMILES string of the molecule is O=C(NC1CCC(C(S)C(=O)O)CC1)c1ccnc2ccccc12. The monoisotopic (exact) mass is 344 g/mol. The lowest BCUT2D eigenvalue weighted by Gasteiger charge is -2.30. The number of aliphatic carboxylic acids is 1. The van der Waals surface area contributed by atoms with Gasteiger partial charge in [-0.05, 0) is 43.7 Å². The summed E-state index contributed by atoms with van der Waals surface area (Å²) < 4.78 is 0. The van der Waals surface area contributed by atoms with Gasteiger partial charge in [0.2, 0.25) is 0 Å². The van der Waals surface area contributed by atoms with Gasteiger partial charge in [0.25, 0.3) is 5.91 Å². The Morgan fingerprint density at radius 1 is 1.17 bits per heavy atom. The Balaban J connectivity index is 1.65. The van der Waals surface area contributed by atoms with Crippen molar-refractivity contribution in [2.24, 2.45) is 5.92 Å². The molecule has 126 valence electrons. The molecule has 0 saturated heterocycles. The summed E-state index contributed by atoms with van der Waals surface area (Å²) in [6.07, 6.45) is 4.74. The molecule has 0 bridgehead atoms. The topological polar surface area (TPSA) is 79.3 Å². The molecule has 1 amide bonds. The molecule has 1 atom stereocenters. The van der Waals surface area contributed by atoms with Crippen LogP contribution in [0.15, 0.2) is 36.5 Å². The van der Waals surface area contributed by atoms with Crippen LogP contribution in [0.25, 0.3) is 10.9 Å². The number of para-hydroxylation sites is 1. The van der Waals surface area contributed by atoms with Crippen LogP contribution >= 0.6 is 12.6 Å². The minimum atomic E-state index is -0.867. The highest BCUT2D eigenvalue weighted by Crippen LogP contribution is 2.30. The second-order valence-corrected chi connectivity index (χ2v) is 6.80. The Hall–Kier alpha value is -2.08. The first-order chi connectivity index (χ1) is 11.6. The molecule has 1 saturated carbocycles. The van der Waals surface area contributed by atoms with Gasteiger partial charge in [-0.15, -0.1) is 0 Å². The maximum absolute atomic E-state index is 12.6. The van der Waals surface area contributed by atoms with Gasteiger partial charge >= 0.3 is 5.97 Å². The van der Waals surface area contributed by atoms with Crippen molar-refractivity contribution in [3.8, 4) is 0 Å². The average Bonchev–Trinajstić information content (AvgIpc) is 2.61. The van der Waals surface area contributed by atoms with Gasteiger partial charge in [0.05, 0.1) is 11.1 Å². The van der Waals surface area contributed by atoms with E-state index in [0.717, 1.165) is 36.6 Å². The summed E-state index contributed by atoms with van der Waals surface area (Å²) in [4.78, 5) is 27.9. The standard InChI is InChI=1S/C18H20N2O3S/c21-17(14-9-10-19-15-4-2-1-3-13(14)15)20-12-7-5-11(6-8-12)16(24)18(22)23/h1-4,9-12,16,24H,5-8H2,(H,20,21)(H,22,23). The largest absolute Gasteiger partial charge is 0.480 e. The van der Waals surface area contributed by atoms with E-state index in [1.54, 1.807) is 12.3 Å². The van der Waals surface area contributed by atoms with Crippen molar-refractivity contribution in [3.63, 3.8) is 0 Å². The number of pyridine rings is 1. The number of benzene rings is 1. The number of fused-ring (bicyclic) bond motifs is 1. The van der Waals surface area contributed by atoms with Crippen molar-refractivity contribution in [2.45, 2.75) is 37.0 Å². The predicted octanol–water partition coefficient (Wildman–Crippen LogP) is 2.91. The van der Waals surface area contributed by atoms with E-state index in [9.17, 15) is 9.59 Å². The van der Waals surface area contributed by atoms with Gasteiger partial charge in [0, 0.05) is 17.6 Å². The summed E-state index contributed by atoms with van der Waals surface area (Å²) >= 11 is 4.17. The van der Waals surface area contributed by atoms with Crippen LogP contribution in [-0.4, -0.2) is 33.3 Å². The number of amides is 1. The van der Waals surface area contributed by atoms with E-state index in [1.807, 2.05) is 24.3 Å². The molecule has 5 nitrogen and oxygen atoms in total. The van der Waals surface area contributed by atoms with Crippen molar-refractivity contribution in [2.75, 3.05) is 0 Å². The molecule has 0 aliphatic heterocycles. The number of carboxylic acid groups (broad SMARTS) is 1. The molecule has 6 heteroatoms. The highest BCUT2D eigenvalue weighted by molar-refractivity contribution is 7.81. The number of hydrogen-bond acceptors (Lipinski definition) is 4. The maximum atomic E-state index is 12.6. The van der Waals surface area contributed by atoms with Gasteiger partial charge < -0.3 is 10.4 Å². The summed E-state index contributed by atoms with van der Waals surface area (Å²) in [6, 6.07) is 9.38. The number of carbonyl (C=O) groups is 2. The van der Waals surface area contributed by atoms with Gasteiger partial charge in [0.15, 0.2) is 0 Å². The van der Waals surface area contributed by atoms with Crippen LogP contribution in [0, 0.1) is 5.92 Å². The van der Waals surface area contributed by atoms with Gasteiger partial charge in [-0.1, -0.05) is 18.2 Å². The smallest absolute Gasteiger partial charge is 0.316 e. The van der Waals surface area contributed by atoms with Crippen LogP contribution in [0.4, 0.5) is 0 Å². The first kappa shape index (κ1) is 16.8. The van der Waals surface area contributed by atoms with Crippen LogP contribution in [0.1, 0.15) is 36.0 Å². The van der Waals surface area contributed by atoms with E-state index < -0.39 is 11.2 Å². The summed E-state index contributed by atoms with van der Waals surface area (Å²) in [6.45, 7) is 0. The second kappa shape index (κ2) is 7.21. The van der Waals surface area contributed by atoms with E-state index in [2.05, 4.69) is 22.9 Å². The minimum absolute atomic E-state index is 0.0701. The molecule has 1 unspecified atom stereocenters. The number of carbonyl (C=O) groups excluding carboxylic acids is 1. The Bertz CT molecular complexity index is 752. The number of aromatic nitrogens is 1. The first-order valence-electron chi connectivity index (χ1n) is 8.11. The molecule has 0 radical (unpaired) electrons. The summed E-state index contributed by atoms with van der Waals surface area (Å²) in [7, 11) is 0. The van der Waals surface area contributed by atoms with Crippen molar-refractivity contribution in [1.82, 2.24) is 10.3 Å². The van der Waals surface area contributed by atoms with E-state index >= 15 is 0 Å². The van der Waals surface area contributed by atoms with Crippen LogP contribution in [0.5, 0.6) is 0 Å². The molecular weight excluding hydrogens is 324 g/mol. The number of thiol groups is 1. The highest BCUT2D eigenvalue weighted by Gasteiger charge is 2.30. The van der Waals surface area contributed by atoms with Crippen molar-refractivity contribution in [3.05, 3.63) is 42.1 Å². The van der Waals surface area contributed by atoms with Crippen LogP contribution in [0.2, 0.25) is 0 Å². The van der Waals surface area contributed by atoms with E-state index in [4.69, 9.17) is 5.11 Å². The molecule has 0 spiro atoms. The Labute approximate surface area is 145 Å².